The topological polar surface area (TPSA) is 68.6 Å². The van der Waals surface area contributed by atoms with Gasteiger partial charge in [0, 0.05) is 39.0 Å². The number of rotatable bonds is 5. The zero-order valence-corrected chi connectivity index (χ0v) is 18.2. The number of benzene rings is 2. The number of halogens is 3. The van der Waals surface area contributed by atoms with E-state index in [4.69, 9.17) is 4.74 Å². The Bertz CT molecular complexity index is 1070. The number of alkyl halides is 3. The monoisotopic (exact) mass is 458 g/mol. The maximum atomic E-state index is 13.3. The number of para-hydroxylation sites is 1. The first kappa shape index (κ1) is 22.9. The highest BCUT2D eigenvalue weighted by atomic mass is 19.4. The predicted molar refractivity (Wildman–Crippen MR) is 118 cm³/mol. The highest BCUT2D eigenvalue weighted by Gasteiger charge is 2.43. The second-order valence-electron chi connectivity index (χ2n) is 8.27. The number of ether oxygens (including phenoxy) is 1. The van der Waals surface area contributed by atoms with Crippen molar-refractivity contribution in [3.8, 4) is 6.07 Å². The molecule has 6 nitrogen and oxygen atoms in total. The van der Waals surface area contributed by atoms with Gasteiger partial charge >= 0.3 is 6.18 Å². The fourth-order valence-electron chi connectivity index (χ4n) is 4.77. The fourth-order valence-corrected chi connectivity index (χ4v) is 4.77. The van der Waals surface area contributed by atoms with Gasteiger partial charge in [0.1, 0.15) is 6.07 Å². The molecule has 0 spiro atoms. The molecule has 33 heavy (non-hydrogen) atoms. The number of anilines is 2. The summed E-state index contributed by atoms with van der Waals surface area (Å²) in [5.74, 6) is -0.740. The lowest BCUT2D eigenvalue weighted by atomic mass is 9.82. The summed E-state index contributed by atoms with van der Waals surface area (Å²) in [6, 6.07) is 13.1. The molecule has 2 atom stereocenters. The Kier molecular flexibility index (Phi) is 6.47. The van der Waals surface area contributed by atoms with Crippen molar-refractivity contribution in [2.75, 3.05) is 49.7 Å². The van der Waals surface area contributed by atoms with E-state index in [1.165, 1.54) is 19.2 Å². The van der Waals surface area contributed by atoms with Crippen LogP contribution in [-0.2, 0) is 22.1 Å². The second kappa shape index (κ2) is 9.32. The molecule has 0 aliphatic carbocycles. The first-order chi connectivity index (χ1) is 15.8. The molecular weight excluding hydrogens is 433 g/mol. The molecule has 0 aromatic heterocycles. The number of nitrogens with zero attached hydrogens (tertiary/aromatic N) is 3. The number of carbonyl (C=O) groups is 1. The molecule has 0 bridgehead atoms. The number of nitriles is 1. The molecule has 2 aliphatic heterocycles. The molecule has 2 aromatic carbocycles. The minimum absolute atomic E-state index is 0.208. The summed E-state index contributed by atoms with van der Waals surface area (Å²) in [5.41, 5.74) is 1.91. The summed E-state index contributed by atoms with van der Waals surface area (Å²) in [6.45, 7) is 2.29. The molecule has 0 saturated carbocycles. The van der Waals surface area contributed by atoms with Crippen LogP contribution in [0.5, 0.6) is 0 Å². The molecule has 1 saturated heterocycles. The Balaban J connectivity index is 1.67. The lowest BCUT2D eigenvalue weighted by Gasteiger charge is -2.49. The Morgan fingerprint density at radius 1 is 1.21 bits per heavy atom. The summed E-state index contributed by atoms with van der Waals surface area (Å²) < 4.78 is 45.0. The maximum Gasteiger partial charge on any atom is 0.416 e. The average Bonchev–Trinajstić information content (AvgIpc) is 2.82. The van der Waals surface area contributed by atoms with Gasteiger partial charge in [-0.05, 0) is 42.3 Å². The molecule has 1 fully saturated rings. The SMILES string of the molecule is COCCNC(=O)[C@H]1Cc2cc(C(F)(F)F)ccc2N2CCN(c3ccccc3C#N)C[C@H]12. The van der Waals surface area contributed by atoms with Gasteiger partial charge in [0.2, 0.25) is 5.91 Å². The van der Waals surface area contributed by atoms with Gasteiger partial charge < -0.3 is 19.9 Å². The fraction of sp³-hybridized carbons (Fsp3) is 0.417. The Hall–Kier alpha value is -3.25. The summed E-state index contributed by atoms with van der Waals surface area (Å²) >= 11 is 0. The van der Waals surface area contributed by atoms with Crippen LogP contribution in [0.4, 0.5) is 24.5 Å². The van der Waals surface area contributed by atoms with Crippen LogP contribution in [0.1, 0.15) is 16.7 Å². The van der Waals surface area contributed by atoms with E-state index in [0.717, 1.165) is 17.4 Å². The third kappa shape index (κ3) is 4.62. The van der Waals surface area contributed by atoms with E-state index in [9.17, 15) is 23.2 Å². The van der Waals surface area contributed by atoms with Crippen molar-refractivity contribution in [2.45, 2.75) is 18.6 Å². The number of hydrogen-bond acceptors (Lipinski definition) is 5. The highest BCUT2D eigenvalue weighted by molar-refractivity contribution is 5.82. The van der Waals surface area contributed by atoms with Gasteiger partial charge in [0.05, 0.1) is 35.4 Å². The van der Waals surface area contributed by atoms with Crippen LogP contribution in [0.25, 0.3) is 0 Å². The predicted octanol–water partition coefficient (Wildman–Crippen LogP) is 3.21. The lowest BCUT2D eigenvalue weighted by molar-refractivity contribution is -0.137. The normalized spacial score (nSPS) is 20.0. The summed E-state index contributed by atoms with van der Waals surface area (Å²) in [6.07, 6.45) is -4.23. The molecule has 2 heterocycles. The van der Waals surface area contributed by atoms with Gasteiger partial charge in [-0.15, -0.1) is 0 Å². The molecule has 9 heteroatoms. The standard InChI is InChI=1S/C24H25F3N4O2/c1-33-11-8-29-23(32)19-13-17-12-18(24(25,26)27)6-7-21(17)31-10-9-30(15-22(19)31)20-5-3-2-4-16(20)14-28/h2-7,12,19,22H,8-11,13,15H2,1H3,(H,29,32)/t19-,22+/m0/s1. The van der Waals surface area contributed by atoms with Gasteiger partial charge in [0.15, 0.2) is 0 Å². The van der Waals surface area contributed by atoms with Crippen molar-refractivity contribution in [1.29, 1.82) is 5.26 Å². The minimum Gasteiger partial charge on any atom is -0.383 e. The lowest BCUT2D eigenvalue weighted by Crippen LogP contribution is -2.61. The molecule has 2 aromatic rings. The van der Waals surface area contributed by atoms with E-state index >= 15 is 0 Å². The van der Waals surface area contributed by atoms with Crippen molar-refractivity contribution in [1.82, 2.24) is 5.32 Å². The van der Waals surface area contributed by atoms with E-state index in [1.54, 1.807) is 12.1 Å². The van der Waals surface area contributed by atoms with Crippen LogP contribution in [-0.4, -0.2) is 51.8 Å². The van der Waals surface area contributed by atoms with Crippen molar-refractivity contribution in [3.63, 3.8) is 0 Å². The molecule has 174 valence electrons. The number of hydrogen-bond donors (Lipinski definition) is 1. The van der Waals surface area contributed by atoms with E-state index in [0.29, 0.717) is 43.9 Å². The first-order valence-corrected chi connectivity index (χ1v) is 10.8. The smallest absolute Gasteiger partial charge is 0.383 e. The Labute approximate surface area is 190 Å². The molecule has 2 aliphatic rings. The van der Waals surface area contributed by atoms with Crippen LogP contribution in [0.2, 0.25) is 0 Å². The van der Waals surface area contributed by atoms with Crippen molar-refractivity contribution >= 4 is 17.3 Å². The van der Waals surface area contributed by atoms with Crippen LogP contribution in [0.15, 0.2) is 42.5 Å². The van der Waals surface area contributed by atoms with Crippen LogP contribution >= 0.6 is 0 Å². The third-order valence-electron chi connectivity index (χ3n) is 6.35. The largest absolute Gasteiger partial charge is 0.416 e. The molecule has 0 unspecified atom stereocenters. The zero-order chi connectivity index (χ0) is 23.6. The number of fused-ring (bicyclic) bond motifs is 3. The van der Waals surface area contributed by atoms with Crippen molar-refractivity contribution in [2.24, 2.45) is 5.92 Å². The molecule has 0 radical (unpaired) electrons. The third-order valence-corrected chi connectivity index (χ3v) is 6.35. The van der Waals surface area contributed by atoms with E-state index in [2.05, 4.69) is 16.3 Å². The summed E-state index contributed by atoms with van der Waals surface area (Å²) in [5, 5.41) is 12.4. The average molecular weight is 458 g/mol. The number of piperazine rings is 1. The maximum absolute atomic E-state index is 13.3. The first-order valence-electron chi connectivity index (χ1n) is 10.8. The number of amides is 1. The Morgan fingerprint density at radius 2 is 2.00 bits per heavy atom. The van der Waals surface area contributed by atoms with Crippen LogP contribution in [0.3, 0.4) is 0 Å². The number of carbonyl (C=O) groups excluding carboxylic acids is 1. The van der Waals surface area contributed by atoms with Crippen LogP contribution in [0, 0.1) is 17.2 Å². The van der Waals surface area contributed by atoms with Gasteiger partial charge in [-0.3, -0.25) is 4.79 Å². The summed E-state index contributed by atoms with van der Waals surface area (Å²) in [7, 11) is 1.54. The van der Waals surface area contributed by atoms with Crippen LogP contribution < -0.4 is 15.1 Å². The summed E-state index contributed by atoms with van der Waals surface area (Å²) in [4.78, 5) is 17.2. The van der Waals surface area contributed by atoms with Gasteiger partial charge in [-0.1, -0.05) is 12.1 Å². The number of methoxy groups -OCH3 is 1. The van der Waals surface area contributed by atoms with Crippen molar-refractivity contribution in [3.05, 3.63) is 59.2 Å². The van der Waals surface area contributed by atoms with E-state index in [-0.39, 0.29) is 18.4 Å². The van der Waals surface area contributed by atoms with Gasteiger partial charge in [0.25, 0.3) is 0 Å². The number of nitrogens with one attached hydrogen (secondary N) is 1. The molecular formula is C24H25F3N4O2. The highest BCUT2D eigenvalue weighted by Crippen LogP contribution is 2.40. The van der Waals surface area contributed by atoms with Crippen molar-refractivity contribution < 1.29 is 22.7 Å². The zero-order valence-electron chi connectivity index (χ0n) is 18.2. The van der Waals surface area contributed by atoms with E-state index < -0.39 is 17.7 Å². The van der Waals surface area contributed by atoms with E-state index in [1.807, 2.05) is 17.0 Å². The quantitative estimate of drug-likeness (QED) is 0.697. The molecule has 1 N–H and O–H groups in total. The molecule has 1 amide bonds. The van der Waals surface area contributed by atoms with Gasteiger partial charge in [-0.2, -0.15) is 18.4 Å². The van der Waals surface area contributed by atoms with Gasteiger partial charge in [-0.25, -0.2) is 0 Å². The minimum atomic E-state index is -4.44. The second-order valence-corrected chi connectivity index (χ2v) is 8.27. The molecule has 4 rings (SSSR count). The Morgan fingerprint density at radius 3 is 2.73 bits per heavy atom.